The summed E-state index contributed by atoms with van der Waals surface area (Å²) in [6.07, 6.45) is 2.13. The third-order valence-corrected chi connectivity index (χ3v) is 6.03. The van der Waals surface area contributed by atoms with Crippen LogP contribution in [0.5, 0.6) is 0 Å². The molecule has 0 atom stereocenters. The van der Waals surface area contributed by atoms with Crippen LogP contribution in [-0.2, 0) is 24.3 Å². The van der Waals surface area contributed by atoms with E-state index in [0.717, 1.165) is 36.6 Å². The number of carbonyl (C=O) groups excluding carboxylic acids is 1. The zero-order valence-electron chi connectivity index (χ0n) is 17.0. The Morgan fingerprint density at radius 1 is 1.28 bits per heavy atom. The van der Waals surface area contributed by atoms with E-state index in [1.165, 1.54) is 41.2 Å². The van der Waals surface area contributed by atoms with Crippen LogP contribution in [0, 0.1) is 21.4 Å². The summed E-state index contributed by atoms with van der Waals surface area (Å²) in [7, 11) is 0. The Morgan fingerprint density at radius 2 is 2.09 bits per heavy atom. The minimum Gasteiger partial charge on any atom is -0.297 e. The van der Waals surface area contributed by atoms with Gasteiger partial charge < -0.3 is 0 Å². The van der Waals surface area contributed by atoms with Gasteiger partial charge >= 0.3 is 0 Å². The predicted octanol–water partition coefficient (Wildman–Crippen LogP) is 4.16. The number of non-ortho nitro benzene ring substituents is 1. The van der Waals surface area contributed by atoms with Gasteiger partial charge in [0.15, 0.2) is 5.13 Å². The Labute approximate surface area is 188 Å². The average molecular weight is 446 g/mol. The smallest absolute Gasteiger partial charge is 0.270 e. The first kappa shape index (κ1) is 21.4. The number of hydrogen-bond acceptors (Lipinski definition) is 7. The first-order chi connectivity index (χ1) is 15.5. The van der Waals surface area contributed by atoms with Crippen molar-refractivity contribution in [3.8, 4) is 6.07 Å². The van der Waals surface area contributed by atoms with Gasteiger partial charge in [0.25, 0.3) is 11.6 Å². The predicted molar refractivity (Wildman–Crippen MR) is 122 cm³/mol. The van der Waals surface area contributed by atoms with Crippen LogP contribution in [0.4, 0.5) is 10.8 Å². The van der Waals surface area contributed by atoms with Crippen molar-refractivity contribution in [3.63, 3.8) is 0 Å². The van der Waals surface area contributed by atoms with Crippen LogP contribution in [0.15, 0.2) is 60.2 Å². The van der Waals surface area contributed by atoms with Gasteiger partial charge in [0, 0.05) is 43.1 Å². The van der Waals surface area contributed by atoms with E-state index in [1.54, 1.807) is 6.07 Å². The van der Waals surface area contributed by atoms with Gasteiger partial charge in [0.1, 0.15) is 11.6 Å². The second kappa shape index (κ2) is 9.51. The normalized spacial score (nSPS) is 13.8. The molecule has 2 heterocycles. The maximum absolute atomic E-state index is 12.6. The fraction of sp³-hybridized carbons (Fsp3) is 0.174. The second-order valence-corrected chi connectivity index (χ2v) is 8.39. The molecule has 1 N–H and O–H groups in total. The molecule has 0 spiro atoms. The molecule has 0 aliphatic carbocycles. The van der Waals surface area contributed by atoms with E-state index in [4.69, 9.17) is 0 Å². The minimum absolute atomic E-state index is 0.107. The second-order valence-electron chi connectivity index (χ2n) is 7.31. The number of amides is 1. The average Bonchev–Trinajstić information content (AvgIpc) is 3.19. The van der Waals surface area contributed by atoms with E-state index in [9.17, 15) is 20.2 Å². The number of hydrogen-bond donors (Lipinski definition) is 1. The Balaban J connectivity index is 1.44. The molecule has 2 aromatic carbocycles. The van der Waals surface area contributed by atoms with Crippen LogP contribution in [0.3, 0.4) is 0 Å². The lowest BCUT2D eigenvalue weighted by Gasteiger charge is -2.25. The lowest BCUT2D eigenvalue weighted by molar-refractivity contribution is -0.384. The number of nitrogens with one attached hydrogen (secondary N) is 1. The Hall–Kier alpha value is -3.87. The number of nitriles is 1. The standard InChI is InChI=1S/C23H19N5O3S/c24-13-18(11-17-7-4-8-19(12-17)28(30)31)22(29)26-23-25-20-9-10-27(15-21(20)32-23)14-16-5-2-1-3-6-16/h1-8,11-12H,9-10,14-15H2,(H,25,26,29). The maximum atomic E-state index is 12.6. The number of benzene rings is 2. The molecule has 160 valence electrons. The highest BCUT2D eigenvalue weighted by atomic mass is 32.1. The largest absolute Gasteiger partial charge is 0.297 e. The zero-order chi connectivity index (χ0) is 22.5. The first-order valence-electron chi connectivity index (χ1n) is 9.94. The van der Waals surface area contributed by atoms with E-state index in [2.05, 4.69) is 27.3 Å². The number of carbonyl (C=O) groups is 1. The molecule has 1 aromatic heterocycles. The quantitative estimate of drug-likeness (QED) is 0.264. The molecule has 3 aromatic rings. The molecule has 0 fully saturated rings. The van der Waals surface area contributed by atoms with Gasteiger partial charge in [-0.25, -0.2) is 4.98 Å². The summed E-state index contributed by atoms with van der Waals surface area (Å²) in [6, 6.07) is 17.9. The Kier molecular flexibility index (Phi) is 6.35. The number of nitro groups is 1. The molecule has 32 heavy (non-hydrogen) atoms. The molecule has 1 aliphatic heterocycles. The van der Waals surface area contributed by atoms with E-state index in [0.29, 0.717) is 10.7 Å². The molecule has 0 unspecified atom stereocenters. The summed E-state index contributed by atoms with van der Waals surface area (Å²) >= 11 is 1.41. The molecule has 1 aliphatic rings. The van der Waals surface area contributed by atoms with Crippen LogP contribution in [-0.4, -0.2) is 27.3 Å². The summed E-state index contributed by atoms with van der Waals surface area (Å²) in [6.45, 7) is 2.49. The summed E-state index contributed by atoms with van der Waals surface area (Å²) in [5, 5.41) is 23.5. The van der Waals surface area contributed by atoms with Crippen molar-refractivity contribution in [2.24, 2.45) is 0 Å². The number of thiazole rings is 1. The number of anilines is 1. The number of aromatic nitrogens is 1. The van der Waals surface area contributed by atoms with Crippen molar-refractivity contribution in [2.75, 3.05) is 11.9 Å². The van der Waals surface area contributed by atoms with Gasteiger partial charge in [0.05, 0.1) is 10.6 Å². The summed E-state index contributed by atoms with van der Waals surface area (Å²) < 4.78 is 0. The van der Waals surface area contributed by atoms with Crippen molar-refractivity contribution in [2.45, 2.75) is 19.5 Å². The highest BCUT2D eigenvalue weighted by Crippen LogP contribution is 2.29. The third-order valence-electron chi connectivity index (χ3n) is 5.04. The topological polar surface area (TPSA) is 112 Å². The lowest BCUT2D eigenvalue weighted by Crippen LogP contribution is -2.29. The van der Waals surface area contributed by atoms with Crippen LogP contribution in [0.2, 0.25) is 0 Å². The molecule has 8 nitrogen and oxygen atoms in total. The summed E-state index contributed by atoms with van der Waals surface area (Å²) in [5.74, 6) is -0.591. The molecule has 0 bridgehead atoms. The monoisotopic (exact) mass is 445 g/mol. The summed E-state index contributed by atoms with van der Waals surface area (Å²) in [5.41, 5.74) is 2.36. The number of nitrogens with zero attached hydrogens (tertiary/aromatic N) is 4. The molecule has 0 radical (unpaired) electrons. The van der Waals surface area contributed by atoms with Gasteiger partial charge in [-0.15, -0.1) is 11.3 Å². The van der Waals surface area contributed by atoms with Crippen LogP contribution < -0.4 is 5.32 Å². The number of nitro benzene ring substituents is 1. The van der Waals surface area contributed by atoms with E-state index in [-0.39, 0.29) is 11.3 Å². The van der Waals surface area contributed by atoms with Crippen molar-refractivity contribution in [1.82, 2.24) is 9.88 Å². The zero-order valence-corrected chi connectivity index (χ0v) is 17.8. The van der Waals surface area contributed by atoms with Crippen molar-refractivity contribution >= 4 is 34.1 Å². The van der Waals surface area contributed by atoms with Crippen molar-refractivity contribution in [1.29, 1.82) is 5.26 Å². The molecule has 0 saturated heterocycles. The van der Waals surface area contributed by atoms with Gasteiger partial charge in [-0.3, -0.25) is 25.1 Å². The molecule has 0 saturated carbocycles. The van der Waals surface area contributed by atoms with Crippen LogP contribution in [0.1, 0.15) is 21.7 Å². The van der Waals surface area contributed by atoms with Crippen molar-refractivity contribution in [3.05, 3.63) is 92.0 Å². The Bertz CT molecular complexity index is 1230. The lowest BCUT2D eigenvalue weighted by atomic mass is 10.1. The molecule has 9 heteroatoms. The molecular formula is C23H19N5O3S. The minimum atomic E-state index is -0.591. The van der Waals surface area contributed by atoms with E-state index < -0.39 is 10.8 Å². The third kappa shape index (κ3) is 5.06. The van der Waals surface area contributed by atoms with Crippen LogP contribution in [0.25, 0.3) is 6.08 Å². The molecule has 1 amide bonds. The van der Waals surface area contributed by atoms with Gasteiger partial charge in [-0.1, -0.05) is 42.5 Å². The fourth-order valence-electron chi connectivity index (χ4n) is 3.49. The van der Waals surface area contributed by atoms with Gasteiger partial charge in [0.2, 0.25) is 0 Å². The summed E-state index contributed by atoms with van der Waals surface area (Å²) in [4.78, 5) is 31.0. The van der Waals surface area contributed by atoms with Gasteiger partial charge in [-0.05, 0) is 17.2 Å². The fourth-order valence-corrected chi connectivity index (χ4v) is 4.53. The SMILES string of the molecule is N#CC(=Cc1cccc([N+](=O)[O-])c1)C(=O)Nc1nc2c(s1)CN(Cc1ccccc1)CC2. The van der Waals surface area contributed by atoms with Gasteiger partial charge in [-0.2, -0.15) is 5.26 Å². The highest BCUT2D eigenvalue weighted by molar-refractivity contribution is 7.15. The van der Waals surface area contributed by atoms with E-state index >= 15 is 0 Å². The molecule has 4 rings (SSSR count). The maximum Gasteiger partial charge on any atom is 0.270 e. The molecular weight excluding hydrogens is 426 g/mol. The Morgan fingerprint density at radius 3 is 2.84 bits per heavy atom. The first-order valence-corrected chi connectivity index (χ1v) is 10.8. The number of rotatable bonds is 6. The highest BCUT2D eigenvalue weighted by Gasteiger charge is 2.22. The number of fused-ring (bicyclic) bond motifs is 1. The van der Waals surface area contributed by atoms with E-state index in [1.807, 2.05) is 24.3 Å². The van der Waals surface area contributed by atoms with Crippen LogP contribution >= 0.6 is 11.3 Å². The van der Waals surface area contributed by atoms with Crippen molar-refractivity contribution < 1.29 is 9.72 Å².